The minimum atomic E-state index is -4.39. The molecule has 1 aliphatic rings. The number of hydrogen-bond donors (Lipinski definition) is 1. The molecule has 0 aromatic heterocycles. The van der Waals surface area contributed by atoms with Gasteiger partial charge in [-0.15, -0.1) is 0 Å². The van der Waals surface area contributed by atoms with E-state index >= 15 is 4.39 Å². The molecule has 0 aliphatic heterocycles. The second kappa shape index (κ2) is 14.6. The largest absolute Gasteiger partial charge is 0.352 e. The Hall–Kier alpha value is -3.14. The highest BCUT2D eigenvalue weighted by Crippen LogP contribution is 2.30. The molecule has 43 heavy (non-hydrogen) atoms. The fraction of sp³-hybridized carbons (Fsp3) is 0.375. The SMILES string of the molecule is CC[C@H](C(=O)NC1CCCCC1)N(Cc1c(Cl)cccc1Cl)C(=O)CN(c1ccccc1F)S(=O)(=O)c1ccc(C)cc1. The maximum absolute atomic E-state index is 15.1. The topological polar surface area (TPSA) is 86.8 Å². The van der Waals surface area contributed by atoms with Gasteiger partial charge < -0.3 is 10.2 Å². The van der Waals surface area contributed by atoms with E-state index in [0.717, 1.165) is 48.0 Å². The number of sulfonamides is 1. The average Bonchev–Trinajstić information content (AvgIpc) is 2.98. The molecule has 3 aromatic carbocycles. The molecule has 1 N–H and O–H groups in total. The van der Waals surface area contributed by atoms with E-state index in [1.807, 2.05) is 6.92 Å². The molecule has 1 aliphatic carbocycles. The highest BCUT2D eigenvalue weighted by atomic mass is 35.5. The Balaban J connectivity index is 1.75. The van der Waals surface area contributed by atoms with Gasteiger partial charge in [0.2, 0.25) is 11.8 Å². The van der Waals surface area contributed by atoms with Gasteiger partial charge in [-0.05, 0) is 62.6 Å². The van der Waals surface area contributed by atoms with Gasteiger partial charge in [-0.1, -0.05) is 85.3 Å². The van der Waals surface area contributed by atoms with Crippen molar-refractivity contribution >= 4 is 50.7 Å². The van der Waals surface area contributed by atoms with E-state index in [1.165, 1.54) is 35.2 Å². The molecule has 1 fully saturated rings. The molecule has 7 nitrogen and oxygen atoms in total. The number of halogens is 3. The summed E-state index contributed by atoms with van der Waals surface area (Å²) in [6.45, 7) is 2.68. The molecule has 1 saturated carbocycles. The second-order valence-electron chi connectivity index (χ2n) is 10.8. The standard InChI is InChI=1S/C32H36Cl2FN3O4S/c1-3-29(32(40)36-23-10-5-4-6-11-23)37(20-25-26(33)12-9-13-27(25)34)31(39)21-38(30-15-8-7-14-28(30)35)43(41,42)24-18-16-22(2)17-19-24/h7-9,12-19,23,29H,3-6,10-11,20-21H2,1-2H3,(H,36,40)/t29-/m1/s1. The van der Waals surface area contributed by atoms with Gasteiger partial charge in [0.25, 0.3) is 10.0 Å². The van der Waals surface area contributed by atoms with Crippen LogP contribution in [0.2, 0.25) is 10.0 Å². The fourth-order valence-electron chi connectivity index (χ4n) is 5.32. The van der Waals surface area contributed by atoms with Crippen LogP contribution in [0.3, 0.4) is 0 Å². The van der Waals surface area contributed by atoms with Crippen molar-refractivity contribution in [3.63, 3.8) is 0 Å². The summed E-state index contributed by atoms with van der Waals surface area (Å²) >= 11 is 12.9. The molecule has 0 heterocycles. The Bertz CT molecular complexity index is 1530. The monoisotopic (exact) mass is 647 g/mol. The van der Waals surface area contributed by atoms with Crippen molar-refractivity contribution in [1.29, 1.82) is 0 Å². The van der Waals surface area contributed by atoms with E-state index < -0.39 is 34.3 Å². The van der Waals surface area contributed by atoms with Crippen LogP contribution >= 0.6 is 23.2 Å². The van der Waals surface area contributed by atoms with E-state index in [9.17, 15) is 18.0 Å². The van der Waals surface area contributed by atoms with Gasteiger partial charge in [0, 0.05) is 28.2 Å². The number of aryl methyl sites for hydroxylation is 1. The van der Waals surface area contributed by atoms with Crippen LogP contribution in [0.4, 0.5) is 10.1 Å². The highest BCUT2D eigenvalue weighted by Gasteiger charge is 2.35. The summed E-state index contributed by atoms with van der Waals surface area (Å²) in [5.41, 5.74) is 0.971. The number of amides is 2. The predicted octanol–water partition coefficient (Wildman–Crippen LogP) is 6.89. The first kappa shape index (κ1) is 32.8. The minimum Gasteiger partial charge on any atom is -0.352 e. The third-order valence-electron chi connectivity index (χ3n) is 7.74. The van der Waals surface area contributed by atoms with Gasteiger partial charge in [-0.3, -0.25) is 13.9 Å². The first-order valence-corrected chi connectivity index (χ1v) is 16.6. The van der Waals surface area contributed by atoms with Gasteiger partial charge in [-0.2, -0.15) is 0 Å². The van der Waals surface area contributed by atoms with Crippen LogP contribution in [0.5, 0.6) is 0 Å². The number of benzene rings is 3. The lowest BCUT2D eigenvalue weighted by Crippen LogP contribution is -2.54. The van der Waals surface area contributed by atoms with Gasteiger partial charge in [-0.25, -0.2) is 12.8 Å². The van der Waals surface area contributed by atoms with Crippen LogP contribution in [-0.2, 0) is 26.2 Å². The van der Waals surface area contributed by atoms with Crippen LogP contribution in [0, 0.1) is 12.7 Å². The third kappa shape index (κ3) is 7.88. The minimum absolute atomic E-state index is 0.00650. The summed E-state index contributed by atoms with van der Waals surface area (Å²) < 4.78 is 43.7. The number of carbonyl (C=O) groups is 2. The van der Waals surface area contributed by atoms with Crippen LogP contribution in [0.15, 0.2) is 71.6 Å². The number of hydrogen-bond acceptors (Lipinski definition) is 4. The van der Waals surface area contributed by atoms with Crippen LogP contribution in [0.1, 0.15) is 56.6 Å². The van der Waals surface area contributed by atoms with E-state index in [2.05, 4.69) is 5.32 Å². The van der Waals surface area contributed by atoms with E-state index in [0.29, 0.717) is 15.6 Å². The predicted molar refractivity (Wildman–Crippen MR) is 168 cm³/mol. The number of rotatable bonds is 11. The molecule has 2 amide bonds. The maximum Gasteiger partial charge on any atom is 0.264 e. The van der Waals surface area contributed by atoms with E-state index in [1.54, 1.807) is 37.3 Å². The Labute approximate surface area is 263 Å². The van der Waals surface area contributed by atoms with Crippen molar-refractivity contribution in [2.45, 2.75) is 75.9 Å². The number of carbonyl (C=O) groups excluding carboxylic acids is 2. The first-order chi connectivity index (χ1) is 20.5. The molecule has 1 atom stereocenters. The quantitative estimate of drug-likeness (QED) is 0.245. The molecule has 0 spiro atoms. The molecule has 0 radical (unpaired) electrons. The smallest absolute Gasteiger partial charge is 0.264 e. The summed E-state index contributed by atoms with van der Waals surface area (Å²) in [5.74, 6) is -1.86. The molecule has 0 unspecified atom stereocenters. The number of nitrogens with zero attached hydrogens (tertiary/aromatic N) is 2. The van der Waals surface area contributed by atoms with Crippen LogP contribution < -0.4 is 9.62 Å². The lowest BCUT2D eigenvalue weighted by Gasteiger charge is -2.34. The number of para-hydroxylation sites is 1. The van der Waals surface area contributed by atoms with Gasteiger partial charge in [0.1, 0.15) is 18.4 Å². The molecule has 230 valence electrons. The Morgan fingerprint density at radius 2 is 1.58 bits per heavy atom. The summed E-state index contributed by atoms with van der Waals surface area (Å²) in [4.78, 5) is 29.1. The molecule has 11 heteroatoms. The lowest BCUT2D eigenvalue weighted by molar-refractivity contribution is -0.140. The Morgan fingerprint density at radius 3 is 2.19 bits per heavy atom. The van der Waals surface area contributed by atoms with Crippen molar-refractivity contribution in [2.75, 3.05) is 10.8 Å². The van der Waals surface area contributed by atoms with Crippen molar-refractivity contribution < 1.29 is 22.4 Å². The van der Waals surface area contributed by atoms with Crippen molar-refractivity contribution in [1.82, 2.24) is 10.2 Å². The van der Waals surface area contributed by atoms with Gasteiger partial charge in [0.05, 0.1) is 10.6 Å². The molecular weight excluding hydrogens is 612 g/mol. The second-order valence-corrected chi connectivity index (χ2v) is 13.4. The average molecular weight is 649 g/mol. The zero-order valence-corrected chi connectivity index (χ0v) is 26.6. The Kier molecular flexibility index (Phi) is 11.1. The van der Waals surface area contributed by atoms with Crippen molar-refractivity contribution in [2.24, 2.45) is 0 Å². The molecule has 3 aromatic rings. The molecular formula is C32H36Cl2FN3O4S. The number of anilines is 1. The highest BCUT2D eigenvalue weighted by molar-refractivity contribution is 7.92. The molecule has 0 saturated heterocycles. The van der Waals surface area contributed by atoms with Gasteiger partial charge >= 0.3 is 0 Å². The molecule has 0 bridgehead atoms. The van der Waals surface area contributed by atoms with E-state index in [4.69, 9.17) is 23.2 Å². The zero-order valence-electron chi connectivity index (χ0n) is 24.2. The molecule has 4 rings (SSSR count). The Morgan fingerprint density at radius 1 is 0.953 bits per heavy atom. The summed E-state index contributed by atoms with van der Waals surface area (Å²) in [7, 11) is -4.39. The normalized spacial score (nSPS) is 14.6. The van der Waals surface area contributed by atoms with Crippen molar-refractivity contribution in [3.05, 3.63) is 93.7 Å². The number of nitrogens with one attached hydrogen (secondary N) is 1. The zero-order chi connectivity index (χ0) is 31.1. The lowest BCUT2D eigenvalue weighted by atomic mass is 9.95. The van der Waals surface area contributed by atoms with E-state index in [-0.39, 0.29) is 35.5 Å². The van der Waals surface area contributed by atoms with Crippen molar-refractivity contribution in [3.8, 4) is 0 Å². The van der Waals surface area contributed by atoms with Crippen LogP contribution in [-0.4, -0.2) is 43.8 Å². The summed E-state index contributed by atoms with van der Waals surface area (Å²) in [6.07, 6.45) is 5.07. The van der Waals surface area contributed by atoms with Gasteiger partial charge in [0.15, 0.2) is 0 Å². The summed E-state index contributed by atoms with van der Waals surface area (Å²) in [5, 5.41) is 3.68. The fourth-order valence-corrected chi connectivity index (χ4v) is 7.26. The summed E-state index contributed by atoms with van der Waals surface area (Å²) in [6, 6.07) is 15.4. The third-order valence-corrected chi connectivity index (χ3v) is 10.2. The van der Waals surface area contributed by atoms with Crippen LogP contribution in [0.25, 0.3) is 0 Å². The first-order valence-electron chi connectivity index (χ1n) is 14.4. The maximum atomic E-state index is 15.1.